The van der Waals surface area contributed by atoms with Crippen molar-refractivity contribution < 1.29 is 18.8 Å². The number of hydrogen-bond donors (Lipinski definition) is 1. The molecule has 0 saturated carbocycles. The Labute approximate surface area is 172 Å². The lowest BCUT2D eigenvalue weighted by Crippen LogP contribution is -2.43. The minimum Gasteiger partial charge on any atom is -0.464 e. The Balaban J connectivity index is 1.75. The van der Waals surface area contributed by atoms with Crippen molar-refractivity contribution in [1.29, 1.82) is 0 Å². The van der Waals surface area contributed by atoms with Crippen molar-refractivity contribution in [3.63, 3.8) is 0 Å². The molecule has 2 aromatic rings. The Kier molecular flexibility index (Phi) is 5.41. The van der Waals surface area contributed by atoms with E-state index in [4.69, 9.17) is 27.6 Å². The molecule has 148 valence electrons. The summed E-state index contributed by atoms with van der Waals surface area (Å²) in [6, 6.07) is 7.57. The number of carbonyl (C=O) groups excluding carboxylic acids is 3. The van der Waals surface area contributed by atoms with Gasteiger partial charge >= 0.3 is 6.03 Å². The van der Waals surface area contributed by atoms with Crippen LogP contribution in [0.25, 0.3) is 0 Å². The first-order chi connectivity index (χ1) is 13.1. The van der Waals surface area contributed by atoms with Crippen molar-refractivity contribution in [1.82, 2.24) is 15.1 Å². The van der Waals surface area contributed by atoms with E-state index in [1.807, 2.05) is 0 Å². The van der Waals surface area contributed by atoms with Crippen molar-refractivity contribution in [3.05, 3.63) is 57.5 Å². The van der Waals surface area contributed by atoms with Gasteiger partial charge in [-0.1, -0.05) is 29.3 Å². The monoisotopic (exact) mass is 423 g/mol. The number of furan rings is 1. The number of hydrogen-bond acceptors (Lipinski definition) is 4. The molecule has 0 bridgehead atoms. The molecule has 7 nitrogen and oxygen atoms in total. The summed E-state index contributed by atoms with van der Waals surface area (Å²) in [6.07, 6.45) is 0. The summed E-state index contributed by atoms with van der Waals surface area (Å²) >= 11 is 12.1. The van der Waals surface area contributed by atoms with E-state index >= 15 is 0 Å². The molecule has 1 aromatic heterocycles. The lowest BCUT2D eigenvalue weighted by atomic mass is 9.92. The number of urea groups is 1. The number of amides is 4. The van der Waals surface area contributed by atoms with Crippen LogP contribution in [-0.4, -0.2) is 41.2 Å². The Morgan fingerprint density at radius 1 is 1.25 bits per heavy atom. The Morgan fingerprint density at radius 3 is 2.57 bits per heavy atom. The number of carbonyl (C=O) groups is 3. The molecule has 3 rings (SSSR count). The summed E-state index contributed by atoms with van der Waals surface area (Å²) < 4.78 is 5.45. The third kappa shape index (κ3) is 3.72. The van der Waals surface area contributed by atoms with Crippen LogP contribution in [0.15, 0.2) is 34.7 Å². The smallest absolute Gasteiger partial charge is 0.325 e. The van der Waals surface area contributed by atoms with Crippen LogP contribution in [-0.2, 0) is 21.7 Å². The van der Waals surface area contributed by atoms with Crippen molar-refractivity contribution in [2.45, 2.75) is 25.9 Å². The molecule has 1 saturated heterocycles. The van der Waals surface area contributed by atoms with Gasteiger partial charge in [0.05, 0.1) is 6.54 Å². The van der Waals surface area contributed by atoms with Gasteiger partial charge in [0.2, 0.25) is 5.91 Å². The molecule has 1 aromatic carbocycles. The second-order valence-corrected chi connectivity index (χ2v) is 7.68. The van der Waals surface area contributed by atoms with Gasteiger partial charge in [-0.3, -0.25) is 14.5 Å². The fourth-order valence-electron chi connectivity index (χ4n) is 3.07. The highest BCUT2D eigenvalue weighted by Crippen LogP contribution is 2.34. The molecule has 1 unspecified atom stereocenters. The molecule has 1 fully saturated rings. The molecule has 1 aliphatic heterocycles. The number of nitrogens with zero attached hydrogens (tertiary/aromatic N) is 2. The average molecular weight is 424 g/mol. The van der Waals surface area contributed by atoms with Crippen molar-refractivity contribution in [2.24, 2.45) is 0 Å². The molecule has 1 N–H and O–H groups in total. The number of halogens is 2. The summed E-state index contributed by atoms with van der Waals surface area (Å²) in [5.74, 6) is 0.394. The van der Waals surface area contributed by atoms with E-state index in [2.05, 4.69) is 5.32 Å². The minimum atomic E-state index is -1.38. The zero-order chi connectivity index (χ0) is 20.6. The minimum absolute atomic E-state index is 0.233. The SMILES string of the molecule is Cc1ccc(CN(C)C(=O)CN2C(=O)NC(C)(c3ccc(Cl)cc3Cl)C2=O)o1. The number of likely N-dealkylation sites (N-methyl/N-ethyl adjacent to an activating group) is 1. The topological polar surface area (TPSA) is 82.9 Å². The van der Waals surface area contributed by atoms with Gasteiger partial charge in [-0.25, -0.2) is 4.79 Å². The Hall–Kier alpha value is -2.51. The molecule has 1 aliphatic rings. The van der Waals surface area contributed by atoms with Gasteiger partial charge < -0.3 is 14.6 Å². The summed E-state index contributed by atoms with van der Waals surface area (Å²) in [5, 5.41) is 3.29. The Morgan fingerprint density at radius 2 is 1.96 bits per heavy atom. The largest absolute Gasteiger partial charge is 0.464 e. The lowest BCUT2D eigenvalue weighted by molar-refractivity contribution is -0.138. The van der Waals surface area contributed by atoms with Gasteiger partial charge in [-0.2, -0.15) is 0 Å². The molecular formula is C19H19Cl2N3O4. The zero-order valence-corrected chi connectivity index (χ0v) is 17.1. The number of rotatable bonds is 5. The predicted octanol–water partition coefficient (Wildman–Crippen LogP) is 3.32. The van der Waals surface area contributed by atoms with Crippen LogP contribution < -0.4 is 5.32 Å². The van der Waals surface area contributed by atoms with E-state index < -0.39 is 23.4 Å². The van der Waals surface area contributed by atoms with Gasteiger partial charge in [0.1, 0.15) is 23.6 Å². The van der Waals surface area contributed by atoms with Crippen LogP contribution in [0.3, 0.4) is 0 Å². The third-order valence-corrected chi connectivity index (χ3v) is 5.20. The molecule has 4 amide bonds. The van der Waals surface area contributed by atoms with Crippen LogP contribution in [0.1, 0.15) is 24.0 Å². The quantitative estimate of drug-likeness (QED) is 0.747. The van der Waals surface area contributed by atoms with Gasteiger partial charge in [0, 0.05) is 22.7 Å². The van der Waals surface area contributed by atoms with Crippen molar-refractivity contribution in [2.75, 3.05) is 13.6 Å². The molecule has 28 heavy (non-hydrogen) atoms. The molecule has 9 heteroatoms. The summed E-state index contributed by atoms with van der Waals surface area (Å²) in [6.45, 7) is 3.20. The van der Waals surface area contributed by atoms with E-state index in [0.717, 1.165) is 10.7 Å². The van der Waals surface area contributed by atoms with Crippen LogP contribution in [0, 0.1) is 6.92 Å². The van der Waals surface area contributed by atoms with E-state index in [9.17, 15) is 14.4 Å². The second-order valence-electron chi connectivity index (χ2n) is 6.83. The maximum atomic E-state index is 13.0. The first kappa shape index (κ1) is 20.2. The van der Waals surface area contributed by atoms with Crippen LogP contribution >= 0.6 is 23.2 Å². The number of benzene rings is 1. The fourth-order valence-corrected chi connectivity index (χ4v) is 3.66. The Bertz CT molecular complexity index is 958. The predicted molar refractivity (Wildman–Crippen MR) is 104 cm³/mol. The highest BCUT2D eigenvalue weighted by Gasteiger charge is 2.50. The average Bonchev–Trinajstić information content (AvgIpc) is 3.11. The van der Waals surface area contributed by atoms with E-state index in [-0.39, 0.29) is 18.1 Å². The van der Waals surface area contributed by atoms with Crippen LogP contribution in [0.4, 0.5) is 4.79 Å². The zero-order valence-electron chi connectivity index (χ0n) is 15.6. The number of imide groups is 1. The molecule has 2 heterocycles. The van der Waals surface area contributed by atoms with E-state index in [1.54, 1.807) is 45.2 Å². The van der Waals surface area contributed by atoms with E-state index in [1.165, 1.54) is 11.0 Å². The maximum absolute atomic E-state index is 13.0. The normalized spacial score (nSPS) is 19.1. The molecule has 1 atom stereocenters. The first-order valence-electron chi connectivity index (χ1n) is 8.50. The van der Waals surface area contributed by atoms with Gasteiger partial charge in [0.15, 0.2) is 0 Å². The lowest BCUT2D eigenvalue weighted by Gasteiger charge is -2.24. The highest BCUT2D eigenvalue weighted by molar-refractivity contribution is 6.35. The molecular weight excluding hydrogens is 405 g/mol. The molecule has 0 spiro atoms. The van der Waals surface area contributed by atoms with Crippen LogP contribution in [0.5, 0.6) is 0 Å². The summed E-state index contributed by atoms with van der Waals surface area (Å²) in [7, 11) is 1.58. The summed E-state index contributed by atoms with van der Waals surface area (Å²) in [4.78, 5) is 40.2. The number of nitrogens with one attached hydrogen (secondary N) is 1. The van der Waals surface area contributed by atoms with Crippen molar-refractivity contribution >= 4 is 41.0 Å². The third-order valence-electron chi connectivity index (χ3n) is 4.65. The van der Waals surface area contributed by atoms with Gasteiger partial charge in [-0.05, 0) is 38.1 Å². The molecule has 0 aliphatic carbocycles. The van der Waals surface area contributed by atoms with Crippen molar-refractivity contribution in [3.8, 4) is 0 Å². The fraction of sp³-hybridized carbons (Fsp3) is 0.316. The van der Waals surface area contributed by atoms with Crippen LogP contribution in [0.2, 0.25) is 10.0 Å². The molecule has 0 radical (unpaired) electrons. The first-order valence-corrected chi connectivity index (χ1v) is 9.26. The number of aryl methyl sites for hydroxylation is 1. The highest BCUT2D eigenvalue weighted by atomic mass is 35.5. The van der Waals surface area contributed by atoms with Gasteiger partial charge in [-0.15, -0.1) is 0 Å². The van der Waals surface area contributed by atoms with E-state index in [0.29, 0.717) is 16.3 Å². The van der Waals surface area contributed by atoms with Gasteiger partial charge in [0.25, 0.3) is 5.91 Å². The standard InChI is InChI=1S/C19H19Cl2N3O4/c1-11-4-6-13(28-11)9-23(3)16(25)10-24-17(26)19(2,22-18(24)27)14-7-5-12(20)8-15(14)21/h4-8H,9-10H2,1-3H3,(H,22,27). The second kappa shape index (κ2) is 7.48. The maximum Gasteiger partial charge on any atom is 0.325 e. The summed E-state index contributed by atoms with van der Waals surface area (Å²) in [5.41, 5.74) is -0.971.